The van der Waals surface area contributed by atoms with Crippen molar-refractivity contribution < 1.29 is 19.0 Å². The molecule has 9 heteroatoms. The number of carbonyl (C=O) groups is 1. The molecule has 2 rings (SSSR count). The molecular formula is C45H68N4O4S. The van der Waals surface area contributed by atoms with Crippen LogP contribution in [0.3, 0.4) is 0 Å². The molecular weight excluding hydrogens is 693 g/mol. The average molecular weight is 761 g/mol. The summed E-state index contributed by atoms with van der Waals surface area (Å²) in [5.41, 5.74) is 2.75. The van der Waals surface area contributed by atoms with Gasteiger partial charge in [-0.05, 0) is 57.7 Å². The van der Waals surface area contributed by atoms with Crippen molar-refractivity contribution in [3.05, 3.63) is 34.4 Å². The average Bonchev–Trinajstić information content (AvgIpc) is 3.51. The minimum atomic E-state index is -0.528. The number of aliphatic imine (C=N–C) groups is 2. The van der Waals surface area contributed by atoms with Crippen LogP contribution in [0, 0.1) is 29.6 Å². The number of aryl methyl sites for hydroxylation is 1. The molecule has 0 spiro atoms. The molecule has 0 fully saturated rings. The largest absolute Gasteiger partial charge is 0.493 e. The highest BCUT2D eigenvalue weighted by Gasteiger charge is 2.25. The van der Waals surface area contributed by atoms with E-state index in [1.807, 2.05) is 26.0 Å². The molecule has 0 aliphatic carbocycles. The normalized spacial score (nSPS) is 11.7. The molecule has 0 amide bonds. The molecule has 1 aromatic carbocycles. The fraction of sp³-hybridized carbons (Fsp3) is 0.667. The van der Waals surface area contributed by atoms with Crippen LogP contribution in [0.4, 0.5) is 10.0 Å². The number of nitriles is 2. The molecule has 0 saturated carbocycles. The van der Waals surface area contributed by atoms with E-state index in [1.165, 1.54) is 114 Å². The van der Waals surface area contributed by atoms with Crippen LogP contribution in [0.2, 0.25) is 0 Å². The third-order valence-electron chi connectivity index (χ3n) is 9.59. The van der Waals surface area contributed by atoms with Crippen LogP contribution in [-0.4, -0.2) is 37.2 Å². The number of thiophene rings is 1. The summed E-state index contributed by atoms with van der Waals surface area (Å²) in [6.07, 6.45) is 25.3. The second-order valence-electron chi connectivity index (χ2n) is 14.2. The lowest BCUT2D eigenvalue weighted by molar-refractivity contribution is 0.0526. The van der Waals surface area contributed by atoms with E-state index < -0.39 is 5.97 Å². The Kier molecular flexibility index (Phi) is 24.7. The van der Waals surface area contributed by atoms with Gasteiger partial charge in [-0.25, -0.2) is 14.8 Å². The third-order valence-corrected chi connectivity index (χ3v) is 10.6. The van der Waals surface area contributed by atoms with Gasteiger partial charge in [-0.2, -0.15) is 10.5 Å². The summed E-state index contributed by atoms with van der Waals surface area (Å²) in [4.78, 5) is 22.5. The molecule has 0 unspecified atom stereocenters. The Bertz CT molecular complexity index is 1530. The summed E-state index contributed by atoms with van der Waals surface area (Å²) in [6.45, 7) is 13.1. The highest BCUT2D eigenvalue weighted by Crippen LogP contribution is 2.43. The minimum Gasteiger partial charge on any atom is -0.493 e. The molecule has 0 N–H and O–H groups in total. The summed E-state index contributed by atoms with van der Waals surface area (Å²) in [5, 5.41) is 20.8. The van der Waals surface area contributed by atoms with Crippen LogP contribution in [0.25, 0.3) is 0 Å². The molecule has 0 bridgehead atoms. The van der Waals surface area contributed by atoms with Crippen molar-refractivity contribution in [1.82, 2.24) is 0 Å². The van der Waals surface area contributed by atoms with E-state index in [0.29, 0.717) is 52.3 Å². The van der Waals surface area contributed by atoms with Crippen LogP contribution in [0.1, 0.15) is 190 Å². The zero-order valence-electron chi connectivity index (χ0n) is 34.5. The number of nitrogens with zero attached hydrogens (tertiary/aromatic N) is 4. The first-order chi connectivity index (χ1) is 26.3. The third kappa shape index (κ3) is 17.2. The predicted octanol–water partition coefficient (Wildman–Crippen LogP) is 13.7. The van der Waals surface area contributed by atoms with E-state index in [2.05, 4.69) is 31.0 Å². The number of carbonyl (C=O) groups excluding carboxylic acids is 1. The van der Waals surface area contributed by atoms with Crippen LogP contribution >= 0.6 is 11.3 Å². The monoisotopic (exact) mass is 760 g/mol. The number of rotatable bonds is 30. The quantitative estimate of drug-likeness (QED) is 0.0444. The van der Waals surface area contributed by atoms with Crippen molar-refractivity contribution in [2.24, 2.45) is 9.98 Å². The predicted molar refractivity (Wildman–Crippen MR) is 226 cm³/mol. The van der Waals surface area contributed by atoms with E-state index in [4.69, 9.17) is 19.2 Å². The van der Waals surface area contributed by atoms with Gasteiger partial charge in [0.2, 0.25) is 0 Å². The van der Waals surface area contributed by atoms with E-state index >= 15 is 0 Å². The highest BCUT2D eigenvalue weighted by atomic mass is 32.1. The van der Waals surface area contributed by atoms with Crippen LogP contribution in [-0.2, 0) is 11.2 Å². The van der Waals surface area contributed by atoms with Crippen LogP contribution in [0.5, 0.6) is 11.5 Å². The Balaban J connectivity index is 2.30. The fourth-order valence-corrected chi connectivity index (χ4v) is 7.62. The Hall–Kier alpha value is -3.69. The van der Waals surface area contributed by atoms with Gasteiger partial charge in [0.1, 0.15) is 44.9 Å². The summed E-state index contributed by atoms with van der Waals surface area (Å²) in [6, 6.07) is 8.14. The summed E-state index contributed by atoms with van der Waals surface area (Å²) in [7, 11) is 0. The molecule has 0 radical (unpaired) electrons. The number of hydrogen-bond donors (Lipinski definition) is 0. The molecule has 8 nitrogen and oxygen atoms in total. The fourth-order valence-electron chi connectivity index (χ4n) is 6.44. The van der Waals surface area contributed by atoms with Gasteiger partial charge in [0.25, 0.3) is 0 Å². The first-order valence-electron chi connectivity index (χ1n) is 21.0. The maximum atomic E-state index is 13.3. The minimum absolute atomic E-state index is 0.110. The first-order valence-corrected chi connectivity index (χ1v) is 21.8. The van der Waals surface area contributed by atoms with Gasteiger partial charge in [-0.3, -0.25) is 0 Å². The summed E-state index contributed by atoms with van der Waals surface area (Å²) in [5.74, 6) is 0.731. The van der Waals surface area contributed by atoms with Gasteiger partial charge in [-0.1, -0.05) is 148 Å². The smallest absolute Gasteiger partial charge is 0.341 e. The van der Waals surface area contributed by atoms with E-state index in [1.54, 1.807) is 13.8 Å². The SMILES string of the molecule is CCCCCCCCCCCCOc1cc(C(C#N)=Nc2sc(N=C(C)C#N)c(CC)c2C(=O)OCC)c(OCCCCCCCCCCCC)cc1C. The molecule has 0 aliphatic rings. The standard InChI is InChI=1S/C45H68N4O4S/c1-7-11-13-15-17-19-21-23-25-27-29-52-40-32-38(41(31-35(40)5)53-30-28-26-24-22-20-18-16-14-12-8-2)39(34-47)49-44-42(45(50)51-10-4)37(9-3)43(54-44)48-36(6)33-46/h31-32H,7-30H2,1-6H3. The number of esters is 1. The zero-order chi connectivity index (χ0) is 39.4. The Labute approximate surface area is 331 Å². The van der Waals surface area contributed by atoms with Crippen molar-refractivity contribution in [2.45, 2.75) is 176 Å². The molecule has 0 atom stereocenters. The molecule has 1 aromatic heterocycles. The summed E-state index contributed by atoms with van der Waals surface area (Å²) < 4.78 is 18.1. The van der Waals surface area contributed by atoms with Crippen LogP contribution in [0.15, 0.2) is 22.1 Å². The van der Waals surface area contributed by atoms with Gasteiger partial charge >= 0.3 is 5.97 Å². The van der Waals surface area contributed by atoms with Crippen molar-refractivity contribution in [3.8, 4) is 23.6 Å². The summed E-state index contributed by atoms with van der Waals surface area (Å²) >= 11 is 1.18. The maximum absolute atomic E-state index is 13.3. The van der Waals surface area contributed by atoms with Crippen molar-refractivity contribution in [1.29, 1.82) is 10.5 Å². The second-order valence-corrected chi connectivity index (χ2v) is 15.2. The zero-order valence-corrected chi connectivity index (χ0v) is 35.3. The lowest BCUT2D eigenvalue weighted by Gasteiger charge is -2.16. The Morgan fingerprint density at radius 2 is 1.17 bits per heavy atom. The van der Waals surface area contributed by atoms with Gasteiger partial charge in [0, 0.05) is 5.56 Å². The molecule has 2 aromatic rings. The lowest BCUT2D eigenvalue weighted by Crippen LogP contribution is -2.09. The Morgan fingerprint density at radius 1 is 0.667 bits per heavy atom. The molecule has 54 heavy (non-hydrogen) atoms. The van der Waals surface area contributed by atoms with Gasteiger partial charge in [-0.15, -0.1) is 0 Å². The number of unbranched alkanes of at least 4 members (excludes halogenated alkanes) is 18. The second kappa shape index (κ2) is 28.7. The van der Waals surface area contributed by atoms with Gasteiger partial charge in [0.05, 0.1) is 25.4 Å². The highest BCUT2D eigenvalue weighted by molar-refractivity contribution is 7.20. The van der Waals surface area contributed by atoms with Gasteiger partial charge in [0.15, 0.2) is 5.71 Å². The molecule has 0 aliphatic heterocycles. The molecule has 1 heterocycles. The van der Waals surface area contributed by atoms with Crippen molar-refractivity contribution in [2.75, 3.05) is 19.8 Å². The number of hydrogen-bond acceptors (Lipinski definition) is 9. The lowest BCUT2D eigenvalue weighted by atomic mass is 10.0. The number of benzene rings is 1. The maximum Gasteiger partial charge on any atom is 0.341 e. The number of ether oxygens (including phenoxy) is 3. The van der Waals surface area contributed by atoms with Gasteiger partial charge < -0.3 is 14.2 Å². The molecule has 298 valence electrons. The van der Waals surface area contributed by atoms with Crippen molar-refractivity contribution in [3.63, 3.8) is 0 Å². The Morgan fingerprint density at radius 3 is 1.63 bits per heavy atom. The van der Waals surface area contributed by atoms with Crippen LogP contribution < -0.4 is 9.47 Å². The van der Waals surface area contributed by atoms with E-state index in [0.717, 1.165) is 31.2 Å². The topological polar surface area (TPSA) is 117 Å². The van der Waals surface area contributed by atoms with E-state index in [9.17, 15) is 15.3 Å². The van der Waals surface area contributed by atoms with Crippen molar-refractivity contribution >= 4 is 38.7 Å². The molecule has 0 saturated heterocycles. The van der Waals surface area contributed by atoms with E-state index in [-0.39, 0.29) is 23.6 Å². The first kappa shape index (κ1) is 46.5.